The lowest BCUT2D eigenvalue weighted by Crippen LogP contribution is -2.54. The zero-order valence-corrected chi connectivity index (χ0v) is 12.0. The fourth-order valence-corrected chi connectivity index (χ4v) is 2.72. The van der Waals surface area contributed by atoms with E-state index in [9.17, 15) is 5.11 Å². The summed E-state index contributed by atoms with van der Waals surface area (Å²) in [4.78, 5) is 2.36. The van der Waals surface area contributed by atoms with E-state index < -0.39 is 0 Å². The Morgan fingerprint density at radius 3 is 2.63 bits per heavy atom. The van der Waals surface area contributed by atoms with Gasteiger partial charge in [-0.1, -0.05) is 12.1 Å². The third kappa shape index (κ3) is 3.47. The molecular formula is C15H24N2O2. The van der Waals surface area contributed by atoms with Gasteiger partial charge in [0.05, 0.1) is 18.3 Å². The summed E-state index contributed by atoms with van der Waals surface area (Å²) >= 11 is 0. The van der Waals surface area contributed by atoms with Crippen LogP contribution < -0.4 is 5.73 Å². The van der Waals surface area contributed by atoms with Crippen molar-refractivity contribution in [3.63, 3.8) is 0 Å². The van der Waals surface area contributed by atoms with Crippen molar-refractivity contribution < 1.29 is 9.84 Å². The largest absolute Gasteiger partial charge is 0.399 e. The average molecular weight is 264 g/mol. The Morgan fingerprint density at radius 2 is 2.05 bits per heavy atom. The molecule has 2 atom stereocenters. The molecule has 4 nitrogen and oxygen atoms in total. The van der Waals surface area contributed by atoms with E-state index in [4.69, 9.17) is 10.5 Å². The molecule has 1 heterocycles. The van der Waals surface area contributed by atoms with E-state index >= 15 is 0 Å². The van der Waals surface area contributed by atoms with Gasteiger partial charge < -0.3 is 15.6 Å². The number of rotatable bonds is 3. The standard InChI is InChI=1S/C15H24N2O2/c1-11(12-4-6-13(16)7-5-12)17-8-14(9-18)19-15(2,3)10-17/h4-7,11,14,18H,8-10,16H2,1-3H3. The summed E-state index contributed by atoms with van der Waals surface area (Å²) in [6, 6.07) is 8.28. The maximum Gasteiger partial charge on any atom is 0.0940 e. The van der Waals surface area contributed by atoms with Gasteiger partial charge in [0.15, 0.2) is 0 Å². The summed E-state index contributed by atoms with van der Waals surface area (Å²) in [5, 5.41) is 9.36. The quantitative estimate of drug-likeness (QED) is 0.817. The summed E-state index contributed by atoms with van der Waals surface area (Å²) in [6.07, 6.45) is -0.111. The Hall–Kier alpha value is -1.10. The number of nitrogen functional groups attached to an aromatic ring is 1. The van der Waals surface area contributed by atoms with Gasteiger partial charge in [0.1, 0.15) is 0 Å². The maximum atomic E-state index is 9.36. The lowest BCUT2D eigenvalue weighted by molar-refractivity contribution is -0.156. The molecule has 0 aromatic heterocycles. The molecule has 1 saturated heterocycles. The smallest absolute Gasteiger partial charge is 0.0940 e. The summed E-state index contributed by atoms with van der Waals surface area (Å²) in [6.45, 7) is 7.99. The van der Waals surface area contributed by atoms with E-state index in [1.807, 2.05) is 12.1 Å². The van der Waals surface area contributed by atoms with Crippen LogP contribution in [-0.4, -0.2) is 41.4 Å². The van der Waals surface area contributed by atoms with Crippen molar-refractivity contribution in [2.45, 2.75) is 38.5 Å². The highest BCUT2D eigenvalue weighted by atomic mass is 16.5. The van der Waals surface area contributed by atoms with E-state index in [1.165, 1.54) is 5.56 Å². The second kappa shape index (κ2) is 5.49. The van der Waals surface area contributed by atoms with Crippen LogP contribution in [0.3, 0.4) is 0 Å². The molecule has 0 aliphatic carbocycles. The number of aliphatic hydroxyl groups is 1. The number of hydrogen-bond acceptors (Lipinski definition) is 4. The van der Waals surface area contributed by atoms with Crippen molar-refractivity contribution in [2.24, 2.45) is 0 Å². The third-order valence-electron chi connectivity index (χ3n) is 3.68. The number of ether oxygens (including phenoxy) is 1. The van der Waals surface area contributed by atoms with Gasteiger partial charge in [-0.05, 0) is 38.5 Å². The van der Waals surface area contributed by atoms with E-state index in [2.05, 4.69) is 37.8 Å². The Kier molecular flexibility index (Phi) is 4.13. The lowest BCUT2D eigenvalue weighted by Gasteiger charge is -2.45. The second-order valence-corrected chi connectivity index (χ2v) is 5.95. The first kappa shape index (κ1) is 14.3. The molecule has 0 radical (unpaired) electrons. The minimum absolute atomic E-state index is 0.0639. The molecule has 0 amide bonds. The molecule has 1 aromatic carbocycles. The molecule has 106 valence electrons. The molecule has 0 saturated carbocycles. The Balaban J connectivity index is 2.13. The number of benzene rings is 1. The minimum Gasteiger partial charge on any atom is -0.399 e. The molecule has 2 unspecified atom stereocenters. The Bertz CT molecular complexity index is 417. The Labute approximate surface area is 115 Å². The third-order valence-corrected chi connectivity index (χ3v) is 3.68. The SMILES string of the molecule is CC(c1ccc(N)cc1)N1CC(CO)OC(C)(C)C1. The predicted molar refractivity (Wildman–Crippen MR) is 76.9 cm³/mol. The van der Waals surface area contributed by atoms with Crippen LogP contribution in [0.2, 0.25) is 0 Å². The molecule has 1 aromatic rings. The van der Waals surface area contributed by atoms with Gasteiger partial charge in [0.25, 0.3) is 0 Å². The van der Waals surface area contributed by atoms with Crippen LogP contribution in [0.4, 0.5) is 5.69 Å². The summed E-state index contributed by atoms with van der Waals surface area (Å²) < 4.78 is 5.85. The maximum absolute atomic E-state index is 9.36. The van der Waals surface area contributed by atoms with Crippen molar-refractivity contribution in [2.75, 3.05) is 25.4 Å². The summed E-state index contributed by atoms with van der Waals surface area (Å²) in [5.41, 5.74) is 7.52. The molecule has 1 aliphatic heterocycles. The zero-order chi connectivity index (χ0) is 14.0. The highest BCUT2D eigenvalue weighted by Crippen LogP contribution is 2.29. The highest BCUT2D eigenvalue weighted by Gasteiger charge is 2.35. The molecular weight excluding hydrogens is 240 g/mol. The molecule has 0 bridgehead atoms. The highest BCUT2D eigenvalue weighted by molar-refractivity contribution is 5.40. The minimum atomic E-state index is -0.228. The normalized spacial score (nSPS) is 25.2. The number of nitrogens with two attached hydrogens (primary N) is 1. The summed E-state index contributed by atoms with van der Waals surface area (Å²) in [5.74, 6) is 0. The van der Waals surface area contributed by atoms with E-state index in [0.29, 0.717) is 0 Å². The van der Waals surface area contributed by atoms with Gasteiger partial charge in [0.2, 0.25) is 0 Å². The van der Waals surface area contributed by atoms with Crippen LogP contribution >= 0.6 is 0 Å². The van der Waals surface area contributed by atoms with E-state index in [-0.39, 0.29) is 24.4 Å². The molecule has 1 aliphatic rings. The van der Waals surface area contributed by atoms with Gasteiger partial charge in [0, 0.05) is 24.8 Å². The van der Waals surface area contributed by atoms with Crippen LogP contribution in [0.1, 0.15) is 32.4 Å². The number of hydrogen-bond donors (Lipinski definition) is 2. The monoisotopic (exact) mass is 264 g/mol. The first-order valence-electron chi connectivity index (χ1n) is 6.79. The molecule has 2 rings (SSSR count). The zero-order valence-electron chi connectivity index (χ0n) is 12.0. The van der Waals surface area contributed by atoms with E-state index in [0.717, 1.165) is 18.8 Å². The Morgan fingerprint density at radius 1 is 1.42 bits per heavy atom. The second-order valence-electron chi connectivity index (χ2n) is 5.95. The van der Waals surface area contributed by atoms with Gasteiger partial charge in [-0.2, -0.15) is 0 Å². The number of aliphatic hydroxyl groups excluding tert-OH is 1. The van der Waals surface area contributed by atoms with Crippen LogP contribution in [-0.2, 0) is 4.74 Å². The average Bonchev–Trinajstić information content (AvgIpc) is 2.37. The molecule has 0 spiro atoms. The first-order valence-corrected chi connectivity index (χ1v) is 6.79. The summed E-state index contributed by atoms with van der Waals surface area (Å²) in [7, 11) is 0. The number of anilines is 1. The van der Waals surface area contributed by atoms with Gasteiger partial charge in [-0.25, -0.2) is 0 Å². The van der Waals surface area contributed by atoms with Crippen molar-refractivity contribution in [1.82, 2.24) is 4.90 Å². The molecule has 3 N–H and O–H groups in total. The van der Waals surface area contributed by atoms with E-state index in [1.54, 1.807) is 0 Å². The van der Waals surface area contributed by atoms with Crippen LogP contribution in [0.15, 0.2) is 24.3 Å². The van der Waals surface area contributed by atoms with Crippen molar-refractivity contribution in [3.05, 3.63) is 29.8 Å². The van der Waals surface area contributed by atoms with Crippen LogP contribution in [0.5, 0.6) is 0 Å². The fraction of sp³-hybridized carbons (Fsp3) is 0.600. The topological polar surface area (TPSA) is 58.7 Å². The molecule has 4 heteroatoms. The van der Waals surface area contributed by atoms with Crippen LogP contribution in [0, 0.1) is 0 Å². The van der Waals surface area contributed by atoms with Gasteiger partial charge >= 0.3 is 0 Å². The lowest BCUT2D eigenvalue weighted by atomic mass is 10.00. The fourth-order valence-electron chi connectivity index (χ4n) is 2.72. The molecule has 19 heavy (non-hydrogen) atoms. The number of nitrogens with zero attached hydrogens (tertiary/aromatic N) is 1. The van der Waals surface area contributed by atoms with Crippen molar-refractivity contribution in [1.29, 1.82) is 0 Å². The van der Waals surface area contributed by atoms with Crippen molar-refractivity contribution >= 4 is 5.69 Å². The molecule has 1 fully saturated rings. The first-order chi connectivity index (χ1) is 8.91. The number of morpholine rings is 1. The van der Waals surface area contributed by atoms with Gasteiger partial charge in [-0.15, -0.1) is 0 Å². The van der Waals surface area contributed by atoms with Crippen molar-refractivity contribution in [3.8, 4) is 0 Å². The van der Waals surface area contributed by atoms with Gasteiger partial charge in [-0.3, -0.25) is 4.90 Å². The predicted octanol–water partition coefficient (Wildman–Crippen LogP) is 1.80. The van der Waals surface area contributed by atoms with Crippen LogP contribution in [0.25, 0.3) is 0 Å².